The fourth-order valence-electron chi connectivity index (χ4n) is 1.98. The van der Waals surface area contributed by atoms with Crippen molar-refractivity contribution in [3.63, 3.8) is 0 Å². The van der Waals surface area contributed by atoms with Gasteiger partial charge in [0.2, 0.25) is 5.28 Å². The zero-order chi connectivity index (χ0) is 15.9. The van der Waals surface area contributed by atoms with Crippen LogP contribution in [-0.2, 0) is 9.53 Å². The van der Waals surface area contributed by atoms with Gasteiger partial charge in [-0.25, -0.2) is 4.98 Å². The highest BCUT2D eigenvalue weighted by Gasteiger charge is 2.16. The summed E-state index contributed by atoms with van der Waals surface area (Å²) < 4.78 is 4.96. The Morgan fingerprint density at radius 3 is 2.77 bits per heavy atom. The normalized spacial score (nSPS) is 10.3. The number of aromatic nitrogens is 2. The number of para-hydroxylation sites is 1. The molecule has 0 unspecified atom stereocenters. The quantitative estimate of drug-likeness (QED) is 0.651. The molecule has 1 aromatic heterocycles. The number of ether oxygens (including phenoxy) is 1. The highest BCUT2D eigenvalue weighted by molar-refractivity contribution is 6.28. The first-order chi connectivity index (χ1) is 10.6. The van der Waals surface area contributed by atoms with E-state index in [1.807, 2.05) is 35.2 Å². The molecule has 1 aromatic carbocycles. The third-order valence-electron chi connectivity index (χ3n) is 2.93. The highest BCUT2D eigenvalue weighted by atomic mass is 35.5. The molecular formula is C15H17ClN4O2. The summed E-state index contributed by atoms with van der Waals surface area (Å²) in [4.78, 5) is 21.5. The van der Waals surface area contributed by atoms with Crippen LogP contribution in [0.15, 0.2) is 36.5 Å². The fraction of sp³-hybridized carbons (Fsp3) is 0.267. The predicted molar refractivity (Wildman–Crippen MR) is 86.2 cm³/mol. The number of carbonyl (C=O) groups excluding carboxylic acids is 1. The number of rotatable bonds is 6. The van der Waals surface area contributed by atoms with Gasteiger partial charge in [0, 0.05) is 12.2 Å². The van der Waals surface area contributed by atoms with Gasteiger partial charge in [-0.2, -0.15) is 4.98 Å². The molecule has 0 aliphatic carbocycles. The molecule has 0 saturated carbocycles. The van der Waals surface area contributed by atoms with E-state index in [1.54, 1.807) is 6.92 Å². The van der Waals surface area contributed by atoms with Gasteiger partial charge in [-0.15, -0.1) is 0 Å². The number of carbonyl (C=O) groups is 1. The third-order valence-corrected chi connectivity index (χ3v) is 3.12. The number of hydrogen-bond acceptors (Lipinski definition) is 6. The first-order valence-electron chi connectivity index (χ1n) is 6.88. The molecule has 2 N–H and O–H groups in total. The standard InChI is InChI=1S/C15H17ClN4O2/c1-2-22-13(21)8-9-20(11-6-4-3-5-7-11)14-12(17)10-18-15(16)19-14/h3-7,10H,2,8-9,17H2,1H3. The minimum absolute atomic E-state index is 0.0984. The summed E-state index contributed by atoms with van der Waals surface area (Å²) in [6.45, 7) is 2.50. The molecule has 0 saturated heterocycles. The molecule has 0 aliphatic rings. The summed E-state index contributed by atoms with van der Waals surface area (Å²) in [7, 11) is 0. The van der Waals surface area contributed by atoms with E-state index < -0.39 is 0 Å². The topological polar surface area (TPSA) is 81.3 Å². The van der Waals surface area contributed by atoms with Gasteiger partial charge in [0.05, 0.1) is 24.9 Å². The second-order valence-corrected chi connectivity index (χ2v) is 4.80. The smallest absolute Gasteiger partial charge is 0.307 e. The number of nitrogen functional groups attached to an aromatic ring is 1. The molecule has 116 valence electrons. The largest absolute Gasteiger partial charge is 0.466 e. The molecule has 22 heavy (non-hydrogen) atoms. The first-order valence-corrected chi connectivity index (χ1v) is 7.26. The number of halogens is 1. The summed E-state index contributed by atoms with van der Waals surface area (Å²) in [6, 6.07) is 9.50. The molecular weight excluding hydrogens is 304 g/mol. The zero-order valence-corrected chi connectivity index (χ0v) is 13.0. The van der Waals surface area contributed by atoms with Crippen LogP contribution in [0.5, 0.6) is 0 Å². The third kappa shape index (κ3) is 4.08. The average Bonchev–Trinajstić information content (AvgIpc) is 2.52. The van der Waals surface area contributed by atoms with Gasteiger partial charge in [-0.05, 0) is 30.7 Å². The summed E-state index contributed by atoms with van der Waals surface area (Å²) in [6.07, 6.45) is 1.66. The van der Waals surface area contributed by atoms with E-state index in [1.165, 1.54) is 6.20 Å². The van der Waals surface area contributed by atoms with Gasteiger partial charge >= 0.3 is 5.97 Å². The van der Waals surface area contributed by atoms with Crippen LogP contribution in [0.1, 0.15) is 13.3 Å². The van der Waals surface area contributed by atoms with Crippen molar-refractivity contribution in [2.45, 2.75) is 13.3 Å². The van der Waals surface area contributed by atoms with E-state index in [4.69, 9.17) is 22.1 Å². The molecule has 0 aliphatic heterocycles. The van der Waals surface area contributed by atoms with Crippen molar-refractivity contribution in [1.82, 2.24) is 9.97 Å². The lowest BCUT2D eigenvalue weighted by Gasteiger charge is -2.24. The van der Waals surface area contributed by atoms with Crippen molar-refractivity contribution in [3.05, 3.63) is 41.8 Å². The van der Waals surface area contributed by atoms with Gasteiger partial charge < -0.3 is 15.4 Å². The Bertz CT molecular complexity index is 637. The van der Waals surface area contributed by atoms with E-state index >= 15 is 0 Å². The van der Waals surface area contributed by atoms with Crippen LogP contribution in [0.3, 0.4) is 0 Å². The SMILES string of the molecule is CCOC(=O)CCN(c1ccccc1)c1nc(Cl)ncc1N. The number of benzene rings is 1. The molecule has 0 fully saturated rings. The molecule has 0 bridgehead atoms. The number of esters is 1. The van der Waals surface area contributed by atoms with Gasteiger partial charge in [-0.3, -0.25) is 4.79 Å². The summed E-state index contributed by atoms with van der Waals surface area (Å²) in [5, 5.41) is 0.0984. The van der Waals surface area contributed by atoms with Crippen LogP contribution in [-0.4, -0.2) is 29.1 Å². The zero-order valence-electron chi connectivity index (χ0n) is 12.2. The highest BCUT2D eigenvalue weighted by Crippen LogP contribution is 2.28. The lowest BCUT2D eigenvalue weighted by molar-refractivity contribution is -0.142. The van der Waals surface area contributed by atoms with E-state index in [0.29, 0.717) is 24.7 Å². The van der Waals surface area contributed by atoms with Crippen LogP contribution in [0.25, 0.3) is 0 Å². The summed E-state index contributed by atoms with van der Waals surface area (Å²) >= 11 is 5.86. The van der Waals surface area contributed by atoms with E-state index in [-0.39, 0.29) is 17.7 Å². The molecule has 0 radical (unpaired) electrons. The Labute approximate surface area is 133 Å². The number of hydrogen-bond donors (Lipinski definition) is 1. The van der Waals surface area contributed by atoms with Gasteiger partial charge in [0.1, 0.15) is 0 Å². The molecule has 0 spiro atoms. The van der Waals surface area contributed by atoms with Crippen molar-refractivity contribution >= 4 is 34.8 Å². The average molecular weight is 321 g/mol. The Hall–Kier alpha value is -2.34. The van der Waals surface area contributed by atoms with Gasteiger partial charge in [-0.1, -0.05) is 18.2 Å². The number of anilines is 3. The number of nitrogens with two attached hydrogens (primary N) is 1. The lowest BCUT2D eigenvalue weighted by atomic mass is 10.2. The van der Waals surface area contributed by atoms with Crippen LogP contribution in [0, 0.1) is 0 Å². The maximum absolute atomic E-state index is 11.6. The van der Waals surface area contributed by atoms with E-state index in [0.717, 1.165) is 5.69 Å². The molecule has 0 atom stereocenters. The minimum Gasteiger partial charge on any atom is -0.466 e. The summed E-state index contributed by atoms with van der Waals surface area (Å²) in [5.41, 5.74) is 7.19. The first kappa shape index (κ1) is 16.0. The van der Waals surface area contributed by atoms with Crippen molar-refractivity contribution in [2.24, 2.45) is 0 Å². The molecule has 7 heteroatoms. The van der Waals surface area contributed by atoms with Crippen LogP contribution < -0.4 is 10.6 Å². The second kappa shape index (κ2) is 7.61. The Morgan fingerprint density at radius 2 is 2.09 bits per heavy atom. The molecule has 2 rings (SSSR count). The van der Waals surface area contributed by atoms with Crippen LogP contribution in [0.4, 0.5) is 17.2 Å². The van der Waals surface area contributed by atoms with Gasteiger partial charge in [0.15, 0.2) is 5.82 Å². The predicted octanol–water partition coefficient (Wildman–Crippen LogP) is 2.80. The molecule has 2 aromatic rings. The maximum atomic E-state index is 11.6. The Balaban J connectivity index is 2.29. The van der Waals surface area contributed by atoms with Crippen LogP contribution >= 0.6 is 11.6 Å². The Morgan fingerprint density at radius 1 is 1.36 bits per heavy atom. The fourth-order valence-corrected chi connectivity index (χ4v) is 2.11. The van der Waals surface area contributed by atoms with Crippen LogP contribution in [0.2, 0.25) is 5.28 Å². The maximum Gasteiger partial charge on any atom is 0.307 e. The molecule has 6 nitrogen and oxygen atoms in total. The van der Waals surface area contributed by atoms with Crippen molar-refractivity contribution in [1.29, 1.82) is 0 Å². The van der Waals surface area contributed by atoms with E-state index in [2.05, 4.69) is 9.97 Å². The second-order valence-electron chi connectivity index (χ2n) is 4.46. The van der Waals surface area contributed by atoms with Gasteiger partial charge in [0.25, 0.3) is 0 Å². The molecule has 0 amide bonds. The lowest BCUT2D eigenvalue weighted by Crippen LogP contribution is -2.24. The number of nitrogens with zero attached hydrogens (tertiary/aromatic N) is 3. The van der Waals surface area contributed by atoms with Crippen molar-refractivity contribution in [2.75, 3.05) is 23.8 Å². The van der Waals surface area contributed by atoms with Crippen molar-refractivity contribution < 1.29 is 9.53 Å². The summed E-state index contributed by atoms with van der Waals surface area (Å²) in [5.74, 6) is 0.192. The van der Waals surface area contributed by atoms with Crippen molar-refractivity contribution in [3.8, 4) is 0 Å². The molecule has 1 heterocycles. The monoisotopic (exact) mass is 320 g/mol. The minimum atomic E-state index is -0.276. The Kier molecular flexibility index (Phi) is 5.55. The van der Waals surface area contributed by atoms with E-state index in [9.17, 15) is 4.79 Å².